The summed E-state index contributed by atoms with van der Waals surface area (Å²) < 4.78 is 32.0. The number of hydrogen-bond acceptors (Lipinski definition) is 5. The molecule has 0 unspecified atom stereocenters. The van der Waals surface area contributed by atoms with E-state index in [4.69, 9.17) is 9.84 Å². The van der Waals surface area contributed by atoms with Crippen molar-refractivity contribution >= 4 is 15.8 Å². The highest BCUT2D eigenvalue weighted by atomic mass is 32.2. The van der Waals surface area contributed by atoms with E-state index >= 15 is 0 Å². The van der Waals surface area contributed by atoms with Crippen LogP contribution in [0.5, 0.6) is 0 Å². The quantitative estimate of drug-likeness (QED) is 0.786. The maximum atomic E-state index is 12.2. The molecule has 6 nitrogen and oxygen atoms in total. The van der Waals surface area contributed by atoms with E-state index in [0.717, 1.165) is 0 Å². The molecule has 0 saturated carbocycles. The minimum absolute atomic E-state index is 0.237. The standard InChI is InChI=1S/C13H16N2O4S/c16-8-2-4-11-3-1-5-13(14-11)15-20(17,18)12-6-9-19-10-7-12/h1,3,5,12,16H,6-10H2,(H,14,15). The molecule has 1 aliphatic rings. The third-order valence-electron chi connectivity index (χ3n) is 2.90. The van der Waals surface area contributed by atoms with Gasteiger partial charge in [0.2, 0.25) is 10.0 Å². The van der Waals surface area contributed by atoms with E-state index in [1.54, 1.807) is 18.2 Å². The molecule has 0 aliphatic carbocycles. The van der Waals surface area contributed by atoms with Crippen molar-refractivity contribution in [3.05, 3.63) is 23.9 Å². The molecule has 7 heteroatoms. The van der Waals surface area contributed by atoms with Crippen molar-refractivity contribution in [2.24, 2.45) is 0 Å². The van der Waals surface area contributed by atoms with E-state index in [2.05, 4.69) is 21.5 Å². The summed E-state index contributed by atoms with van der Waals surface area (Å²) in [6.07, 6.45) is 0.971. The highest BCUT2D eigenvalue weighted by Crippen LogP contribution is 2.18. The van der Waals surface area contributed by atoms with Crippen molar-refractivity contribution in [2.45, 2.75) is 18.1 Å². The van der Waals surface area contributed by atoms with Crippen LogP contribution in [-0.2, 0) is 14.8 Å². The van der Waals surface area contributed by atoms with E-state index in [1.807, 2.05) is 0 Å². The number of sulfonamides is 1. The van der Waals surface area contributed by atoms with E-state index in [1.165, 1.54) is 0 Å². The van der Waals surface area contributed by atoms with Gasteiger partial charge in [0.1, 0.15) is 18.1 Å². The summed E-state index contributed by atoms with van der Waals surface area (Å²) in [5.74, 6) is 5.34. The first-order valence-electron chi connectivity index (χ1n) is 6.28. The van der Waals surface area contributed by atoms with Crippen LogP contribution in [0.1, 0.15) is 18.5 Å². The molecule has 2 N–H and O–H groups in total. The van der Waals surface area contributed by atoms with Gasteiger partial charge in [-0.3, -0.25) is 4.72 Å². The molecule has 1 aromatic heterocycles. The predicted molar refractivity (Wildman–Crippen MR) is 74.6 cm³/mol. The van der Waals surface area contributed by atoms with E-state index in [9.17, 15) is 8.42 Å². The Bertz CT molecular complexity index is 613. The topological polar surface area (TPSA) is 88.5 Å². The maximum absolute atomic E-state index is 12.2. The largest absolute Gasteiger partial charge is 0.384 e. The second-order valence-electron chi connectivity index (χ2n) is 4.33. The third-order valence-corrected chi connectivity index (χ3v) is 4.74. The van der Waals surface area contributed by atoms with Gasteiger partial charge in [0.05, 0.1) is 5.25 Å². The number of pyridine rings is 1. The van der Waals surface area contributed by atoms with E-state index in [-0.39, 0.29) is 12.4 Å². The molecular weight excluding hydrogens is 280 g/mol. The number of hydrogen-bond donors (Lipinski definition) is 2. The lowest BCUT2D eigenvalue weighted by atomic mass is 10.2. The molecule has 2 heterocycles. The molecule has 1 aliphatic heterocycles. The van der Waals surface area contributed by atoms with Gasteiger partial charge in [-0.25, -0.2) is 13.4 Å². The summed E-state index contributed by atoms with van der Waals surface area (Å²) in [4.78, 5) is 4.08. The minimum Gasteiger partial charge on any atom is -0.384 e. The summed E-state index contributed by atoms with van der Waals surface area (Å²) in [7, 11) is -3.46. The Balaban J connectivity index is 2.12. The fraction of sp³-hybridized carbons (Fsp3) is 0.462. The summed E-state index contributed by atoms with van der Waals surface area (Å²) in [5.41, 5.74) is 0.409. The van der Waals surface area contributed by atoms with Crippen molar-refractivity contribution in [3.8, 4) is 11.8 Å². The van der Waals surface area contributed by atoms with Crippen LogP contribution in [-0.4, -0.2) is 43.6 Å². The maximum Gasteiger partial charge on any atom is 0.236 e. The molecule has 1 fully saturated rings. The van der Waals surface area contributed by atoms with Crippen LogP contribution in [0.25, 0.3) is 0 Å². The Hall–Kier alpha value is -1.62. The Morgan fingerprint density at radius 3 is 2.85 bits per heavy atom. The van der Waals surface area contributed by atoms with Crippen LogP contribution in [0, 0.1) is 11.8 Å². The highest BCUT2D eigenvalue weighted by molar-refractivity contribution is 7.93. The number of ether oxygens (including phenoxy) is 1. The van der Waals surface area contributed by atoms with Gasteiger partial charge >= 0.3 is 0 Å². The van der Waals surface area contributed by atoms with Crippen molar-refractivity contribution in [1.82, 2.24) is 4.98 Å². The van der Waals surface area contributed by atoms with Crippen LogP contribution in [0.3, 0.4) is 0 Å². The molecular formula is C13H16N2O4S. The summed E-state index contributed by atoms with van der Waals surface area (Å²) in [5, 5.41) is 8.18. The minimum atomic E-state index is -3.46. The molecule has 108 valence electrons. The lowest BCUT2D eigenvalue weighted by Crippen LogP contribution is -2.33. The van der Waals surface area contributed by atoms with Gasteiger partial charge < -0.3 is 9.84 Å². The molecule has 1 saturated heterocycles. The SMILES string of the molecule is O=S(=O)(Nc1cccc(C#CCO)n1)C1CCOCC1. The van der Waals surface area contributed by atoms with Crippen LogP contribution in [0.15, 0.2) is 18.2 Å². The first-order chi connectivity index (χ1) is 9.62. The molecule has 0 bridgehead atoms. The van der Waals surface area contributed by atoms with Crippen molar-refractivity contribution in [2.75, 3.05) is 24.5 Å². The molecule has 0 amide bonds. The monoisotopic (exact) mass is 296 g/mol. The van der Waals surface area contributed by atoms with Crippen molar-refractivity contribution in [3.63, 3.8) is 0 Å². The Labute approximate surface area is 118 Å². The Morgan fingerprint density at radius 1 is 1.40 bits per heavy atom. The Kier molecular flexibility index (Phi) is 4.95. The molecule has 0 spiro atoms. The number of nitrogens with zero attached hydrogens (tertiary/aromatic N) is 1. The van der Waals surface area contributed by atoms with Crippen LogP contribution >= 0.6 is 0 Å². The van der Waals surface area contributed by atoms with Crippen molar-refractivity contribution in [1.29, 1.82) is 0 Å². The number of nitrogens with one attached hydrogen (secondary N) is 1. The molecule has 0 radical (unpaired) electrons. The van der Waals surface area contributed by atoms with E-state index in [0.29, 0.717) is 31.7 Å². The predicted octanol–water partition coefficient (Wildman–Crippen LogP) is 0.346. The molecule has 1 aromatic rings. The summed E-state index contributed by atoms with van der Waals surface area (Å²) >= 11 is 0. The zero-order valence-electron chi connectivity index (χ0n) is 10.9. The lowest BCUT2D eigenvalue weighted by molar-refractivity contribution is 0.0984. The normalized spacial score (nSPS) is 16.2. The number of aromatic nitrogens is 1. The van der Waals surface area contributed by atoms with Crippen molar-refractivity contribution < 1.29 is 18.3 Å². The van der Waals surface area contributed by atoms with Crippen LogP contribution < -0.4 is 4.72 Å². The van der Waals surface area contributed by atoms with Gasteiger partial charge in [-0.1, -0.05) is 12.0 Å². The first kappa shape index (κ1) is 14.8. The Morgan fingerprint density at radius 2 is 2.15 bits per heavy atom. The fourth-order valence-electron chi connectivity index (χ4n) is 1.91. The van der Waals surface area contributed by atoms with Gasteiger partial charge in [0.15, 0.2) is 0 Å². The highest BCUT2D eigenvalue weighted by Gasteiger charge is 2.27. The average molecular weight is 296 g/mol. The van der Waals surface area contributed by atoms with Gasteiger partial charge in [-0.15, -0.1) is 0 Å². The second kappa shape index (κ2) is 6.70. The average Bonchev–Trinajstić information content (AvgIpc) is 2.46. The summed E-state index contributed by atoms with van der Waals surface area (Å²) in [6, 6.07) is 4.88. The van der Waals surface area contributed by atoms with E-state index < -0.39 is 15.3 Å². The first-order valence-corrected chi connectivity index (χ1v) is 7.82. The number of rotatable bonds is 3. The lowest BCUT2D eigenvalue weighted by Gasteiger charge is -2.22. The van der Waals surface area contributed by atoms with Crippen LogP contribution in [0.4, 0.5) is 5.82 Å². The van der Waals surface area contributed by atoms with Gasteiger partial charge in [-0.05, 0) is 30.9 Å². The number of aliphatic hydroxyl groups is 1. The molecule has 0 atom stereocenters. The number of aliphatic hydroxyl groups excluding tert-OH is 1. The van der Waals surface area contributed by atoms with Gasteiger partial charge in [-0.2, -0.15) is 0 Å². The van der Waals surface area contributed by atoms with Gasteiger partial charge in [0.25, 0.3) is 0 Å². The molecule has 2 rings (SSSR count). The number of anilines is 1. The summed E-state index contributed by atoms with van der Waals surface area (Å²) in [6.45, 7) is 0.655. The third kappa shape index (κ3) is 3.93. The second-order valence-corrected chi connectivity index (χ2v) is 6.29. The fourth-order valence-corrected chi connectivity index (χ4v) is 3.29. The van der Waals surface area contributed by atoms with Gasteiger partial charge in [0, 0.05) is 13.2 Å². The smallest absolute Gasteiger partial charge is 0.236 e. The molecule has 20 heavy (non-hydrogen) atoms. The zero-order valence-corrected chi connectivity index (χ0v) is 11.7. The molecule has 0 aromatic carbocycles. The van der Waals surface area contributed by atoms with Crippen LogP contribution in [0.2, 0.25) is 0 Å². The zero-order chi connectivity index (χ0) is 14.4.